The van der Waals surface area contributed by atoms with E-state index in [1.807, 2.05) is 5.92 Å². The normalized spacial score (nSPS) is 13.3. The molecule has 0 spiro atoms. The lowest BCUT2D eigenvalue weighted by Crippen LogP contribution is -2.34. The van der Waals surface area contributed by atoms with Crippen LogP contribution in [0.15, 0.2) is 0 Å². The maximum atomic E-state index is 11.5. The summed E-state index contributed by atoms with van der Waals surface area (Å²) in [5.74, 6) is 0.884. The molecule has 0 saturated carbocycles. The van der Waals surface area contributed by atoms with Gasteiger partial charge in [-0.3, -0.25) is 4.79 Å². The summed E-state index contributed by atoms with van der Waals surface area (Å²) in [6, 6.07) is 0. The van der Waals surface area contributed by atoms with E-state index >= 15 is 0 Å². The van der Waals surface area contributed by atoms with Gasteiger partial charge in [0, 0.05) is 0 Å². The van der Waals surface area contributed by atoms with Gasteiger partial charge in [-0.25, -0.2) is 8.42 Å². The van der Waals surface area contributed by atoms with E-state index < -0.39 is 26.8 Å². The molecule has 0 aromatic carbocycles. The van der Waals surface area contributed by atoms with Gasteiger partial charge in [-0.2, -0.15) is 0 Å². The molecule has 0 bridgehead atoms. The lowest BCUT2D eigenvalue weighted by molar-refractivity contribution is -0.146. The molecule has 0 aromatic rings. The van der Waals surface area contributed by atoms with Crippen LogP contribution in [0.1, 0.15) is 27.2 Å². The van der Waals surface area contributed by atoms with Gasteiger partial charge >= 0.3 is 5.97 Å². The van der Waals surface area contributed by atoms with Crippen LogP contribution < -0.4 is 0 Å². The summed E-state index contributed by atoms with van der Waals surface area (Å²) in [5, 5.41) is -1.14. The van der Waals surface area contributed by atoms with Crippen molar-refractivity contribution in [3.05, 3.63) is 0 Å². The van der Waals surface area contributed by atoms with E-state index in [4.69, 9.17) is 11.2 Å². The van der Waals surface area contributed by atoms with Crippen molar-refractivity contribution >= 4 is 15.8 Å². The molecule has 0 fully saturated rings. The number of esters is 1. The lowest BCUT2D eigenvalue weighted by Gasteiger charge is -2.15. The van der Waals surface area contributed by atoms with Gasteiger partial charge in [0.05, 0.1) is 6.10 Å². The molecule has 0 radical (unpaired) electrons. The Bertz CT molecular complexity index is 348. The van der Waals surface area contributed by atoms with Crippen LogP contribution in [0.5, 0.6) is 0 Å². The summed E-state index contributed by atoms with van der Waals surface area (Å²) >= 11 is 0. The second kappa shape index (κ2) is 5.76. The van der Waals surface area contributed by atoms with E-state index in [0.29, 0.717) is 0 Å². The zero-order valence-corrected chi connectivity index (χ0v) is 10.0. The molecule has 0 aliphatic carbocycles. The van der Waals surface area contributed by atoms with Gasteiger partial charge in [-0.05, 0) is 20.3 Å². The maximum Gasteiger partial charge on any atom is 0.324 e. The van der Waals surface area contributed by atoms with E-state index in [0.717, 1.165) is 0 Å². The Balaban J connectivity index is 4.78. The average molecular weight is 232 g/mol. The van der Waals surface area contributed by atoms with Gasteiger partial charge in [0.15, 0.2) is 15.1 Å². The molecular formula is C10H16O4S. The molecule has 0 heterocycles. The first-order valence-corrected chi connectivity index (χ1v) is 6.42. The van der Waals surface area contributed by atoms with Crippen molar-refractivity contribution in [3.8, 4) is 12.3 Å². The zero-order valence-electron chi connectivity index (χ0n) is 9.19. The number of carbonyl (C=O) groups excluding carboxylic acids is 1. The molecule has 0 aliphatic rings. The van der Waals surface area contributed by atoms with Gasteiger partial charge in [0.2, 0.25) is 0 Å². The van der Waals surface area contributed by atoms with Gasteiger partial charge in [0.25, 0.3) is 0 Å². The number of terminal acetylenes is 1. The van der Waals surface area contributed by atoms with Crippen LogP contribution in [0.25, 0.3) is 0 Å². The smallest absolute Gasteiger partial charge is 0.324 e. The molecule has 1 atom stereocenters. The van der Waals surface area contributed by atoms with Crippen LogP contribution in [0.2, 0.25) is 0 Å². The minimum Gasteiger partial charge on any atom is -0.462 e. The first-order chi connectivity index (χ1) is 6.85. The number of rotatable bonds is 5. The predicted molar refractivity (Wildman–Crippen MR) is 57.9 cm³/mol. The van der Waals surface area contributed by atoms with Gasteiger partial charge in [-0.15, -0.1) is 6.42 Å². The quantitative estimate of drug-likeness (QED) is 0.519. The molecule has 15 heavy (non-hydrogen) atoms. The molecule has 1 unspecified atom stereocenters. The van der Waals surface area contributed by atoms with E-state index in [9.17, 15) is 13.2 Å². The highest BCUT2D eigenvalue weighted by Crippen LogP contribution is 2.10. The second-order valence-corrected chi connectivity index (χ2v) is 5.58. The number of hydrogen-bond donors (Lipinski definition) is 0. The summed E-state index contributed by atoms with van der Waals surface area (Å²) in [4.78, 5) is 11.4. The minimum absolute atomic E-state index is 0.176. The Kier molecular flexibility index (Phi) is 5.37. The number of sulfone groups is 1. The van der Waals surface area contributed by atoms with Crippen LogP contribution in [-0.4, -0.2) is 31.5 Å². The third-order valence-electron chi connectivity index (χ3n) is 1.70. The van der Waals surface area contributed by atoms with Gasteiger partial charge in [-0.1, -0.05) is 12.8 Å². The van der Waals surface area contributed by atoms with Crippen molar-refractivity contribution < 1.29 is 17.9 Å². The Hall–Kier alpha value is -1.02. The molecule has 0 saturated heterocycles. The molecular weight excluding hydrogens is 216 g/mol. The number of ether oxygens (including phenoxy) is 1. The number of carbonyl (C=O) groups is 1. The molecule has 0 amide bonds. The first kappa shape index (κ1) is 14.0. The average Bonchev–Trinajstić information content (AvgIpc) is 2.02. The molecule has 5 heteroatoms. The summed E-state index contributed by atoms with van der Waals surface area (Å²) in [7, 11) is -3.58. The number of hydrogen-bond acceptors (Lipinski definition) is 4. The topological polar surface area (TPSA) is 60.4 Å². The van der Waals surface area contributed by atoms with Crippen LogP contribution >= 0.6 is 0 Å². The van der Waals surface area contributed by atoms with Crippen LogP contribution in [-0.2, 0) is 19.4 Å². The van der Waals surface area contributed by atoms with E-state index in [1.165, 1.54) is 0 Å². The monoisotopic (exact) mass is 232 g/mol. The molecule has 86 valence electrons. The van der Waals surface area contributed by atoms with Crippen molar-refractivity contribution in [1.82, 2.24) is 0 Å². The third kappa shape index (κ3) is 4.34. The molecule has 0 rings (SSSR count). The van der Waals surface area contributed by atoms with Crippen molar-refractivity contribution in [2.24, 2.45) is 0 Å². The maximum absolute atomic E-state index is 11.5. The third-order valence-corrected chi connectivity index (χ3v) is 3.67. The largest absolute Gasteiger partial charge is 0.462 e. The summed E-state index contributed by atoms with van der Waals surface area (Å²) in [5.41, 5.74) is 0. The van der Waals surface area contributed by atoms with Gasteiger partial charge < -0.3 is 4.74 Å². The van der Waals surface area contributed by atoms with Crippen LogP contribution in [0, 0.1) is 12.3 Å². The summed E-state index contributed by atoms with van der Waals surface area (Å²) < 4.78 is 27.9. The molecule has 0 aliphatic heterocycles. The highest BCUT2D eigenvalue weighted by molar-refractivity contribution is 7.92. The molecule has 0 aromatic heterocycles. The lowest BCUT2D eigenvalue weighted by atomic mass is 10.3. The second-order valence-electron chi connectivity index (χ2n) is 3.39. The van der Waals surface area contributed by atoms with E-state index in [1.54, 1.807) is 20.8 Å². The Morgan fingerprint density at radius 3 is 2.33 bits per heavy atom. The van der Waals surface area contributed by atoms with Gasteiger partial charge in [0.1, 0.15) is 5.75 Å². The SMILES string of the molecule is C#CCS(=O)(=O)C(CC)C(=O)OC(C)C. The van der Waals surface area contributed by atoms with Crippen LogP contribution in [0.4, 0.5) is 0 Å². The summed E-state index contributed by atoms with van der Waals surface area (Å²) in [6.07, 6.45) is 4.78. The van der Waals surface area contributed by atoms with E-state index in [-0.39, 0.29) is 12.5 Å². The standard InChI is InChI=1S/C10H16O4S/c1-5-7-15(12,13)9(6-2)10(11)14-8(3)4/h1,8-9H,6-7H2,2-4H3. The van der Waals surface area contributed by atoms with Crippen molar-refractivity contribution in [2.75, 3.05) is 5.75 Å². The minimum atomic E-state index is -3.58. The fourth-order valence-electron chi connectivity index (χ4n) is 1.09. The Morgan fingerprint density at radius 2 is 2.00 bits per heavy atom. The molecule has 0 N–H and O–H groups in total. The zero-order chi connectivity index (χ0) is 12.1. The summed E-state index contributed by atoms with van der Waals surface area (Å²) in [6.45, 7) is 4.94. The van der Waals surface area contributed by atoms with Crippen LogP contribution in [0.3, 0.4) is 0 Å². The highest BCUT2D eigenvalue weighted by Gasteiger charge is 2.31. The fourth-order valence-corrected chi connectivity index (χ4v) is 2.38. The Labute approximate surface area is 90.9 Å². The predicted octanol–water partition coefficient (Wildman–Crippen LogP) is 0.765. The van der Waals surface area contributed by atoms with Crippen molar-refractivity contribution in [2.45, 2.75) is 38.5 Å². The van der Waals surface area contributed by atoms with E-state index in [2.05, 4.69) is 0 Å². The van der Waals surface area contributed by atoms with Crippen molar-refractivity contribution in [1.29, 1.82) is 0 Å². The highest BCUT2D eigenvalue weighted by atomic mass is 32.2. The molecule has 4 nitrogen and oxygen atoms in total. The Morgan fingerprint density at radius 1 is 1.47 bits per heavy atom. The fraction of sp³-hybridized carbons (Fsp3) is 0.700. The first-order valence-electron chi connectivity index (χ1n) is 4.70. The van der Waals surface area contributed by atoms with Crippen molar-refractivity contribution in [3.63, 3.8) is 0 Å².